The molecule has 0 bridgehead atoms. The second kappa shape index (κ2) is 6.88. The summed E-state index contributed by atoms with van der Waals surface area (Å²) < 4.78 is 5.20. The molecule has 0 saturated heterocycles. The molecule has 3 rings (SSSR count). The van der Waals surface area contributed by atoms with Gasteiger partial charge in [0.2, 0.25) is 5.91 Å². The molecule has 3 nitrogen and oxygen atoms in total. The van der Waals surface area contributed by atoms with Gasteiger partial charge in [0.05, 0.1) is 19.6 Å². The summed E-state index contributed by atoms with van der Waals surface area (Å²) in [5.74, 6) is 1.88. The van der Waals surface area contributed by atoms with Crippen molar-refractivity contribution in [3.63, 3.8) is 0 Å². The van der Waals surface area contributed by atoms with Crippen molar-refractivity contribution < 1.29 is 9.53 Å². The molecule has 2 aromatic carbocycles. The minimum atomic E-state index is 0.0555. The van der Waals surface area contributed by atoms with Crippen LogP contribution in [0.1, 0.15) is 23.6 Å². The monoisotopic (exact) mass is 313 g/mol. The van der Waals surface area contributed by atoms with Crippen LogP contribution in [0.3, 0.4) is 0 Å². The lowest BCUT2D eigenvalue weighted by Crippen LogP contribution is -2.31. The van der Waals surface area contributed by atoms with Crippen LogP contribution in [0, 0.1) is 0 Å². The minimum absolute atomic E-state index is 0.0555. The normalized spacial score (nSPS) is 16.7. The first-order valence-corrected chi connectivity index (χ1v) is 8.39. The number of benzene rings is 2. The van der Waals surface area contributed by atoms with E-state index >= 15 is 0 Å². The first-order chi connectivity index (χ1) is 10.8. The van der Waals surface area contributed by atoms with E-state index in [9.17, 15) is 4.79 Å². The molecule has 0 radical (unpaired) electrons. The third-order valence-corrected chi connectivity index (χ3v) is 4.92. The molecule has 0 saturated carbocycles. The highest BCUT2D eigenvalue weighted by molar-refractivity contribution is 7.99. The van der Waals surface area contributed by atoms with Crippen LogP contribution in [-0.2, 0) is 11.2 Å². The van der Waals surface area contributed by atoms with Gasteiger partial charge >= 0.3 is 0 Å². The van der Waals surface area contributed by atoms with Crippen LogP contribution in [0.15, 0.2) is 53.4 Å². The van der Waals surface area contributed by atoms with E-state index in [-0.39, 0.29) is 11.9 Å². The van der Waals surface area contributed by atoms with Gasteiger partial charge in [0.25, 0.3) is 0 Å². The van der Waals surface area contributed by atoms with Crippen LogP contribution < -0.4 is 10.1 Å². The van der Waals surface area contributed by atoms with Crippen LogP contribution in [0.25, 0.3) is 0 Å². The van der Waals surface area contributed by atoms with E-state index in [0.29, 0.717) is 6.42 Å². The summed E-state index contributed by atoms with van der Waals surface area (Å²) in [5.41, 5.74) is 2.20. The maximum Gasteiger partial charge on any atom is 0.224 e. The summed E-state index contributed by atoms with van der Waals surface area (Å²) in [5, 5.41) is 3.17. The van der Waals surface area contributed by atoms with E-state index < -0.39 is 0 Å². The quantitative estimate of drug-likeness (QED) is 0.937. The number of rotatable bonds is 4. The maximum absolute atomic E-state index is 12.3. The average Bonchev–Trinajstić information content (AvgIpc) is 2.55. The van der Waals surface area contributed by atoms with Crippen LogP contribution in [0.5, 0.6) is 5.75 Å². The van der Waals surface area contributed by atoms with Gasteiger partial charge < -0.3 is 10.1 Å². The molecule has 0 fully saturated rings. The fraction of sp³-hybridized carbons (Fsp3) is 0.278. The Bertz CT molecular complexity index is 672. The Morgan fingerprint density at radius 2 is 2.14 bits per heavy atom. The molecule has 1 amide bonds. The summed E-state index contributed by atoms with van der Waals surface area (Å²) in [6.45, 7) is 0. The Balaban J connectivity index is 1.67. The standard InChI is InChI=1S/C18H19NO2S/c1-21-14-6-4-5-13(11-14)12-18(20)19-16-9-10-22-17-8-3-2-7-15(16)17/h2-8,11,16H,9-10,12H2,1H3,(H,19,20). The van der Waals surface area contributed by atoms with Crippen molar-refractivity contribution in [1.29, 1.82) is 0 Å². The second-order valence-electron chi connectivity index (χ2n) is 5.32. The fourth-order valence-corrected chi connectivity index (χ4v) is 3.83. The topological polar surface area (TPSA) is 38.3 Å². The number of carbonyl (C=O) groups excluding carboxylic acids is 1. The molecule has 1 heterocycles. The Kier molecular flexibility index (Phi) is 4.68. The number of carbonyl (C=O) groups is 1. The first-order valence-electron chi connectivity index (χ1n) is 7.40. The number of thioether (sulfide) groups is 1. The first kappa shape index (κ1) is 15.0. The van der Waals surface area contributed by atoms with Gasteiger partial charge in [0.15, 0.2) is 0 Å². The lowest BCUT2D eigenvalue weighted by atomic mass is 10.0. The third kappa shape index (κ3) is 3.45. The summed E-state index contributed by atoms with van der Waals surface area (Å²) in [6, 6.07) is 16.1. The zero-order valence-electron chi connectivity index (χ0n) is 12.5. The molecular formula is C18H19NO2S. The van der Waals surface area contributed by atoms with Crippen molar-refractivity contribution in [2.24, 2.45) is 0 Å². The average molecular weight is 313 g/mol. The predicted octanol–water partition coefficient (Wildman–Crippen LogP) is 3.59. The number of methoxy groups -OCH3 is 1. The van der Waals surface area contributed by atoms with E-state index in [2.05, 4.69) is 17.4 Å². The van der Waals surface area contributed by atoms with Gasteiger partial charge in [-0.1, -0.05) is 30.3 Å². The van der Waals surface area contributed by atoms with E-state index in [1.165, 1.54) is 10.5 Å². The van der Waals surface area contributed by atoms with Crippen LogP contribution in [0.2, 0.25) is 0 Å². The van der Waals surface area contributed by atoms with Crippen molar-refractivity contribution in [3.05, 3.63) is 59.7 Å². The molecule has 1 unspecified atom stereocenters. The molecule has 1 N–H and O–H groups in total. The molecule has 0 aromatic heterocycles. The van der Waals surface area contributed by atoms with Crippen molar-refractivity contribution in [3.8, 4) is 5.75 Å². The van der Waals surface area contributed by atoms with E-state index in [0.717, 1.165) is 23.5 Å². The van der Waals surface area contributed by atoms with Gasteiger partial charge in [-0.3, -0.25) is 4.79 Å². The summed E-state index contributed by atoms with van der Waals surface area (Å²) in [6.07, 6.45) is 1.36. The third-order valence-electron chi connectivity index (χ3n) is 3.79. The van der Waals surface area contributed by atoms with Gasteiger partial charge in [-0.15, -0.1) is 11.8 Å². The number of hydrogen-bond donors (Lipinski definition) is 1. The highest BCUT2D eigenvalue weighted by Gasteiger charge is 2.21. The predicted molar refractivity (Wildman–Crippen MR) is 89.4 cm³/mol. The van der Waals surface area contributed by atoms with Gasteiger partial charge in [0.1, 0.15) is 5.75 Å². The molecule has 1 aliphatic rings. The molecule has 114 valence electrons. The molecule has 1 aliphatic heterocycles. The number of nitrogens with one attached hydrogen (secondary N) is 1. The highest BCUT2D eigenvalue weighted by Crippen LogP contribution is 2.35. The Morgan fingerprint density at radius 3 is 3.00 bits per heavy atom. The van der Waals surface area contributed by atoms with Crippen molar-refractivity contribution in [1.82, 2.24) is 5.32 Å². The molecule has 0 aliphatic carbocycles. The Hall–Kier alpha value is -1.94. The van der Waals surface area contributed by atoms with Gasteiger partial charge in [-0.25, -0.2) is 0 Å². The Labute approximate surface area is 135 Å². The van der Waals surface area contributed by atoms with Crippen molar-refractivity contribution in [2.45, 2.75) is 23.8 Å². The minimum Gasteiger partial charge on any atom is -0.497 e. The molecule has 0 spiro atoms. The molecular weight excluding hydrogens is 294 g/mol. The second-order valence-corrected chi connectivity index (χ2v) is 6.46. The lowest BCUT2D eigenvalue weighted by molar-refractivity contribution is -0.121. The zero-order valence-corrected chi connectivity index (χ0v) is 13.4. The van der Waals surface area contributed by atoms with Gasteiger partial charge in [0, 0.05) is 10.6 Å². The zero-order chi connectivity index (χ0) is 15.4. The largest absolute Gasteiger partial charge is 0.497 e. The smallest absolute Gasteiger partial charge is 0.224 e. The van der Waals surface area contributed by atoms with Gasteiger partial charge in [-0.05, 0) is 35.7 Å². The van der Waals surface area contributed by atoms with Gasteiger partial charge in [-0.2, -0.15) is 0 Å². The number of hydrogen-bond acceptors (Lipinski definition) is 3. The number of ether oxygens (including phenoxy) is 1. The highest BCUT2D eigenvalue weighted by atomic mass is 32.2. The van der Waals surface area contributed by atoms with Crippen molar-refractivity contribution >= 4 is 17.7 Å². The summed E-state index contributed by atoms with van der Waals surface area (Å²) in [7, 11) is 1.63. The molecule has 1 atom stereocenters. The summed E-state index contributed by atoms with van der Waals surface area (Å²) in [4.78, 5) is 13.6. The summed E-state index contributed by atoms with van der Waals surface area (Å²) >= 11 is 1.86. The maximum atomic E-state index is 12.3. The molecule has 4 heteroatoms. The SMILES string of the molecule is COc1cccc(CC(=O)NC2CCSc3ccccc32)c1. The molecule has 22 heavy (non-hydrogen) atoms. The van der Waals surface area contributed by atoms with Crippen LogP contribution in [0.4, 0.5) is 0 Å². The lowest BCUT2D eigenvalue weighted by Gasteiger charge is -2.25. The fourth-order valence-electron chi connectivity index (χ4n) is 2.71. The van der Waals surface area contributed by atoms with E-state index in [4.69, 9.17) is 4.74 Å². The number of amides is 1. The van der Waals surface area contributed by atoms with E-state index in [1.54, 1.807) is 7.11 Å². The number of fused-ring (bicyclic) bond motifs is 1. The van der Waals surface area contributed by atoms with Crippen molar-refractivity contribution in [2.75, 3.05) is 12.9 Å². The van der Waals surface area contributed by atoms with Crippen LogP contribution in [-0.4, -0.2) is 18.8 Å². The van der Waals surface area contributed by atoms with Crippen LogP contribution >= 0.6 is 11.8 Å². The molecule has 2 aromatic rings. The Morgan fingerprint density at radius 1 is 1.27 bits per heavy atom. The van der Waals surface area contributed by atoms with E-state index in [1.807, 2.05) is 48.2 Å².